The number of fused-ring (bicyclic) bond motifs is 2. The highest BCUT2D eigenvalue weighted by atomic mass is 35.5. The van der Waals surface area contributed by atoms with E-state index in [-0.39, 0.29) is 47.1 Å². The predicted octanol–water partition coefficient (Wildman–Crippen LogP) is 5.16. The largest absolute Gasteiger partial charge is 0.401 e. The van der Waals surface area contributed by atoms with Crippen molar-refractivity contribution in [2.24, 2.45) is 0 Å². The van der Waals surface area contributed by atoms with E-state index < -0.39 is 18.5 Å². The van der Waals surface area contributed by atoms with E-state index in [2.05, 4.69) is 27.1 Å². The highest BCUT2D eigenvalue weighted by Gasteiger charge is 2.35. The van der Waals surface area contributed by atoms with Gasteiger partial charge in [0.15, 0.2) is 5.82 Å². The third-order valence-corrected chi connectivity index (χ3v) is 8.32. The van der Waals surface area contributed by atoms with Crippen molar-refractivity contribution in [2.75, 3.05) is 56.0 Å². The molecule has 2 aromatic carbocycles. The molecule has 2 aliphatic rings. The molecule has 1 unspecified atom stereocenters. The number of nitrogens with one attached hydrogen (secondary N) is 2. The Hall–Kier alpha value is -3.97. The van der Waals surface area contributed by atoms with Gasteiger partial charge in [-0.2, -0.15) is 23.3 Å². The molecule has 9 nitrogen and oxygen atoms in total. The van der Waals surface area contributed by atoms with Gasteiger partial charge in [0.25, 0.3) is 0 Å². The molecule has 2 saturated heterocycles. The number of hydrogen-bond acceptors (Lipinski definition) is 7. The van der Waals surface area contributed by atoms with Crippen LogP contribution in [-0.2, 0) is 4.79 Å². The SMILES string of the molecule is C=CC(=O)N1CCN(c2nc(NC3CCN(CC(F)(F)F)C3)nc3c(F)c(-c4c(C)ccc5[nH]ncc45)c(Cl)cc23)CC1. The summed E-state index contributed by atoms with van der Waals surface area (Å²) in [5, 5.41) is 11.4. The Morgan fingerprint density at radius 3 is 2.65 bits per heavy atom. The van der Waals surface area contributed by atoms with Crippen molar-refractivity contribution < 1.29 is 22.4 Å². The molecule has 1 atom stereocenters. The van der Waals surface area contributed by atoms with Crippen molar-refractivity contribution >= 4 is 51.1 Å². The van der Waals surface area contributed by atoms with E-state index in [1.54, 1.807) is 17.2 Å². The van der Waals surface area contributed by atoms with Gasteiger partial charge in [-0.1, -0.05) is 24.2 Å². The zero-order chi connectivity index (χ0) is 30.5. The quantitative estimate of drug-likeness (QED) is 0.228. The molecule has 226 valence electrons. The van der Waals surface area contributed by atoms with Crippen LogP contribution in [-0.4, -0.2) is 93.9 Å². The number of benzene rings is 2. The van der Waals surface area contributed by atoms with Crippen molar-refractivity contribution in [3.63, 3.8) is 0 Å². The van der Waals surface area contributed by atoms with Crippen LogP contribution in [0.4, 0.5) is 29.3 Å². The maximum atomic E-state index is 16.7. The van der Waals surface area contributed by atoms with Crippen LogP contribution in [0.3, 0.4) is 0 Å². The van der Waals surface area contributed by atoms with E-state index in [0.717, 1.165) is 11.1 Å². The molecule has 0 spiro atoms. The fourth-order valence-electron chi connectivity index (χ4n) is 5.97. The van der Waals surface area contributed by atoms with Crippen molar-refractivity contribution in [3.8, 4) is 11.1 Å². The number of aromatic amines is 1. The maximum absolute atomic E-state index is 16.7. The van der Waals surface area contributed by atoms with E-state index in [4.69, 9.17) is 16.6 Å². The van der Waals surface area contributed by atoms with Crippen LogP contribution in [0.25, 0.3) is 32.9 Å². The zero-order valence-corrected chi connectivity index (χ0v) is 24.1. The van der Waals surface area contributed by atoms with Gasteiger partial charge in [-0.25, -0.2) is 9.37 Å². The second-order valence-corrected chi connectivity index (χ2v) is 11.3. The number of likely N-dealkylation sites (tertiary alicyclic amines) is 1. The van der Waals surface area contributed by atoms with Crippen LogP contribution < -0.4 is 10.2 Å². The minimum Gasteiger partial charge on any atom is -0.352 e. The summed E-state index contributed by atoms with van der Waals surface area (Å²) in [5.41, 5.74) is 2.30. The van der Waals surface area contributed by atoms with Crippen molar-refractivity contribution in [1.29, 1.82) is 0 Å². The summed E-state index contributed by atoms with van der Waals surface area (Å²) >= 11 is 6.80. The number of carbonyl (C=O) groups is 1. The van der Waals surface area contributed by atoms with Gasteiger partial charge in [0.1, 0.15) is 11.3 Å². The molecule has 0 saturated carbocycles. The third kappa shape index (κ3) is 5.70. The average Bonchev–Trinajstić information content (AvgIpc) is 3.62. The van der Waals surface area contributed by atoms with Gasteiger partial charge >= 0.3 is 6.18 Å². The number of piperazine rings is 1. The molecule has 0 bridgehead atoms. The van der Waals surface area contributed by atoms with Crippen molar-refractivity contribution in [1.82, 2.24) is 30.0 Å². The third-order valence-electron chi connectivity index (χ3n) is 8.02. The summed E-state index contributed by atoms with van der Waals surface area (Å²) < 4.78 is 55.6. The van der Waals surface area contributed by atoms with Gasteiger partial charge in [-0.3, -0.25) is 14.8 Å². The maximum Gasteiger partial charge on any atom is 0.401 e. The molecular formula is C29H29ClF4N8O. The lowest BCUT2D eigenvalue weighted by molar-refractivity contribution is -0.143. The summed E-state index contributed by atoms with van der Waals surface area (Å²) in [4.78, 5) is 26.3. The summed E-state index contributed by atoms with van der Waals surface area (Å²) in [7, 11) is 0. The van der Waals surface area contributed by atoms with Gasteiger partial charge in [0, 0.05) is 67.2 Å². The number of H-pyrrole nitrogens is 1. The number of alkyl halides is 3. The summed E-state index contributed by atoms with van der Waals surface area (Å²) in [6, 6.07) is 5.00. The number of rotatable bonds is 6. The molecule has 6 rings (SSSR count). The van der Waals surface area contributed by atoms with Crippen molar-refractivity contribution in [2.45, 2.75) is 25.6 Å². The Bertz CT molecular complexity index is 1720. The standard InChI is InChI=1S/C29H29ClF4N8O/c1-3-22(43)41-8-10-42(11-9-41)27-18-12-20(30)24(23-16(2)4-5-21-19(23)13-35-39-21)25(31)26(18)37-28(38-27)36-17-6-7-40(14-17)15-29(32,33)34/h3-5,12-13,17H,1,6-11,14-15H2,2H3,(H,35,39)(H,36,37,38). The Labute approximate surface area is 249 Å². The fourth-order valence-corrected chi connectivity index (χ4v) is 6.26. The van der Waals surface area contributed by atoms with Gasteiger partial charge in [-0.05, 0) is 37.1 Å². The summed E-state index contributed by atoms with van der Waals surface area (Å²) in [6.07, 6.45) is -0.968. The normalized spacial score (nSPS) is 18.1. The van der Waals surface area contributed by atoms with Crippen LogP contribution in [0.2, 0.25) is 5.02 Å². The second-order valence-electron chi connectivity index (χ2n) is 10.9. The second kappa shape index (κ2) is 11.3. The molecule has 2 N–H and O–H groups in total. The Kier molecular flexibility index (Phi) is 7.63. The fraction of sp³-hybridized carbons (Fsp3) is 0.379. The first kappa shape index (κ1) is 29.1. The van der Waals surface area contributed by atoms with E-state index in [1.165, 1.54) is 11.0 Å². The monoisotopic (exact) mass is 616 g/mol. The molecule has 43 heavy (non-hydrogen) atoms. The van der Waals surface area contributed by atoms with Crippen LogP contribution in [0, 0.1) is 12.7 Å². The molecule has 4 aromatic rings. The topological polar surface area (TPSA) is 93.3 Å². The minimum atomic E-state index is -4.30. The Balaban J connectivity index is 1.43. The van der Waals surface area contributed by atoms with Gasteiger partial charge in [0.2, 0.25) is 11.9 Å². The number of aryl methyl sites for hydroxylation is 1. The van der Waals surface area contributed by atoms with Gasteiger partial charge in [0.05, 0.1) is 23.3 Å². The van der Waals surface area contributed by atoms with Crippen LogP contribution in [0.15, 0.2) is 37.1 Å². The molecule has 1 amide bonds. The molecule has 2 aliphatic heterocycles. The number of halogens is 5. The zero-order valence-electron chi connectivity index (χ0n) is 23.3. The first-order chi connectivity index (χ1) is 20.5. The molecule has 14 heteroatoms. The van der Waals surface area contributed by atoms with Crippen molar-refractivity contribution in [3.05, 3.63) is 53.5 Å². The molecule has 0 radical (unpaired) electrons. The lowest BCUT2D eigenvalue weighted by atomic mass is 9.95. The highest BCUT2D eigenvalue weighted by molar-refractivity contribution is 6.35. The number of hydrogen-bond donors (Lipinski definition) is 2. The van der Waals surface area contributed by atoms with Crippen LogP contribution in [0.5, 0.6) is 0 Å². The molecule has 2 fully saturated rings. The van der Waals surface area contributed by atoms with E-state index in [9.17, 15) is 18.0 Å². The van der Waals surface area contributed by atoms with E-state index in [0.29, 0.717) is 54.8 Å². The van der Waals surface area contributed by atoms with E-state index in [1.807, 2.05) is 24.0 Å². The highest BCUT2D eigenvalue weighted by Crippen LogP contribution is 2.42. The van der Waals surface area contributed by atoms with Gasteiger partial charge < -0.3 is 15.1 Å². The summed E-state index contributed by atoms with van der Waals surface area (Å²) in [6.45, 7) is 6.47. The first-order valence-electron chi connectivity index (χ1n) is 13.9. The van der Waals surface area contributed by atoms with Crippen LogP contribution >= 0.6 is 11.6 Å². The molecule has 4 heterocycles. The smallest absolute Gasteiger partial charge is 0.352 e. The summed E-state index contributed by atoms with van der Waals surface area (Å²) in [5.74, 6) is -0.288. The molecular weight excluding hydrogens is 588 g/mol. The number of aromatic nitrogens is 4. The first-order valence-corrected chi connectivity index (χ1v) is 14.2. The predicted molar refractivity (Wildman–Crippen MR) is 158 cm³/mol. The molecule has 0 aliphatic carbocycles. The lowest BCUT2D eigenvalue weighted by Crippen LogP contribution is -2.48. The van der Waals surface area contributed by atoms with E-state index >= 15 is 4.39 Å². The Morgan fingerprint density at radius 2 is 1.93 bits per heavy atom. The minimum absolute atomic E-state index is 0.0292. The number of amides is 1. The van der Waals surface area contributed by atoms with Gasteiger partial charge in [-0.15, -0.1) is 0 Å². The number of carbonyl (C=O) groups excluding carboxylic acids is 1. The average molecular weight is 617 g/mol. The van der Waals surface area contributed by atoms with Crippen LogP contribution in [0.1, 0.15) is 12.0 Å². The number of nitrogens with zero attached hydrogens (tertiary/aromatic N) is 6. The number of anilines is 2. The molecule has 2 aromatic heterocycles. The Morgan fingerprint density at radius 1 is 1.16 bits per heavy atom. The lowest BCUT2D eigenvalue weighted by Gasteiger charge is -2.35.